The van der Waals surface area contributed by atoms with Gasteiger partial charge in [0.1, 0.15) is 0 Å². The van der Waals surface area contributed by atoms with E-state index in [0.717, 1.165) is 17.7 Å². The summed E-state index contributed by atoms with van der Waals surface area (Å²) in [6, 6.07) is 15.4. The third-order valence-corrected chi connectivity index (χ3v) is 4.00. The highest BCUT2D eigenvalue weighted by Crippen LogP contribution is 2.30. The molecule has 0 aliphatic rings. The molecule has 0 atom stereocenters. The van der Waals surface area contributed by atoms with E-state index in [9.17, 15) is 13.2 Å². The summed E-state index contributed by atoms with van der Waals surface area (Å²) in [4.78, 5) is 4.01. The van der Waals surface area contributed by atoms with Crippen molar-refractivity contribution in [2.24, 2.45) is 16.7 Å². The molecule has 0 aliphatic heterocycles. The first-order valence-corrected chi connectivity index (χ1v) is 8.62. The van der Waals surface area contributed by atoms with Crippen molar-refractivity contribution in [1.82, 2.24) is 10.1 Å². The number of rotatable bonds is 6. The summed E-state index contributed by atoms with van der Waals surface area (Å²) in [5.74, 6) is 6.07. The van der Waals surface area contributed by atoms with Crippen molar-refractivity contribution >= 4 is 17.2 Å². The first kappa shape index (κ1) is 20.2. The number of aromatic nitrogens is 1. The number of nitrogens with two attached hydrogens (primary N) is 2. The summed E-state index contributed by atoms with van der Waals surface area (Å²) in [6.45, 7) is 0.309. The first-order chi connectivity index (χ1) is 13.8. The van der Waals surface area contributed by atoms with Gasteiger partial charge >= 0.3 is 6.18 Å². The molecule has 0 unspecified atom stereocenters. The molecule has 0 saturated carbocycles. The van der Waals surface area contributed by atoms with Crippen molar-refractivity contribution in [1.29, 1.82) is 0 Å². The SMILES string of the molecule is N/C(=N\N(N)Cc1cccnc1)c1ccccc1Nc1ccc(C(F)(F)F)cc1. The van der Waals surface area contributed by atoms with Gasteiger partial charge in [0.05, 0.1) is 12.1 Å². The summed E-state index contributed by atoms with van der Waals surface area (Å²) >= 11 is 0. The molecule has 9 heteroatoms. The van der Waals surface area contributed by atoms with Gasteiger partial charge in [0.2, 0.25) is 0 Å². The molecule has 6 nitrogen and oxygen atoms in total. The van der Waals surface area contributed by atoms with Gasteiger partial charge < -0.3 is 11.1 Å². The Morgan fingerprint density at radius 3 is 2.41 bits per heavy atom. The fourth-order valence-corrected chi connectivity index (χ4v) is 2.62. The van der Waals surface area contributed by atoms with E-state index in [1.807, 2.05) is 6.07 Å². The van der Waals surface area contributed by atoms with Gasteiger partial charge in [-0.3, -0.25) is 4.98 Å². The second-order valence-corrected chi connectivity index (χ2v) is 6.19. The van der Waals surface area contributed by atoms with Gasteiger partial charge in [-0.1, -0.05) is 18.2 Å². The maximum atomic E-state index is 12.7. The number of amidine groups is 1. The van der Waals surface area contributed by atoms with Crippen LogP contribution >= 0.6 is 0 Å². The van der Waals surface area contributed by atoms with E-state index in [-0.39, 0.29) is 5.84 Å². The highest BCUT2D eigenvalue weighted by molar-refractivity contribution is 6.02. The number of hydrogen-bond donors (Lipinski definition) is 3. The minimum absolute atomic E-state index is 0.159. The summed E-state index contributed by atoms with van der Waals surface area (Å²) in [7, 11) is 0. The van der Waals surface area contributed by atoms with Crippen LogP contribution in [0.4, 0.5) is 24.5 Å². The molecule has 29 heavy (non-hydrogen) atoms. The van der Waals surface area contributed by atoms with Gasteiger partial charge in [-0.15, -0.1) is 5.10 Å². The Hall–Kier alpha value is -3.59. The van der Waals surface area contributed by atoms with Gasteiger partial charge in [-0.05, 0) is 48.0 Å². The number of para-hydroxylation sites is 1. The third kappa shape index (κ3) is 5.45. The van der Waals surface area contributed by atoms with Crippen LogP contribution in [0.5, 0.6) is 0 Å². The zero-order valence-electron chi connectivity index (χ0n) is 15.3. The number of benzene rings is 2. The van der Waals surface area contributed by atoms with Crippen LogP contribution in [0.15, 0.2) is 78.2 Å². The highest BCUT2D eigenvalue weighted by atomic mass is 19.4. The van der Waals surface area contributed by atoms with Crippen LogP contribution in [0.3, 0.4) is 0 Å². The molecule has 1 heterocycles. The maximum Gasteiger partial charge on any atom is 0.416 e. The molecule has 5 N–H and O–H groups in total. The lowest BCUT2D eigenvalue weighted by molar-refractivity contribution is -0.137. The Morgan fingerprint density at radius 2 is 1.76 bits per heavy atom. The van der Waals surface area contributed by atoms with Crippen molar-refractivity contribution in [2.75, 3.05) is 5.32 Å². The zero-order valence-corrected chi connectivity index (χ0v) is 15.3. The molecule has 1 aromatic heterocycles. The van der Waals surface area contributed by atoms with Crippen LogP contribution in [-0.4, -0.2) is 15.9 Å². The van der Waals surface area contributed by atoms with E-state index in [1.165, 1.54) is 17.3 Å². The van der Waals surface area contributed by atoms with Crippen LogP contribution in [0.25, 0.3) is 0 Å². The lowest BCUT2D eigenvalue weighted by Gasteiger charge is -2.16. The molecule has 150 valence electrons. The second-order valence-electron chi connectivity index (χ2n) is 6.19. The quantitative estimate of drug-likeness (QED) is 0.253. The Bertz CT molecular complexity index is 972. The topological polar surface area (TPSA) is 92.6 Å². The number of alkyl halides is 3. The minimum atomic E-state index is -4.38. The van der Waals surface area contributed by atoms with Crippen molar-refractivity contribution < 1.29 is 13.2 Å². The molecule has 0 fully saturated rings. The van der Waals surface area contributed by atoms with Crippen LogP contribution in [-0.2, 0) is 12.7 Å². The predicted octanol–water partition coefficient (Wildman–Crippen LogP) is 3.84. The molecule has 0 saturated heterocycles. The van der Waals surface area contributed by atoms with Crippen molar-refractivity contribution in [3.8, 4) is 0 Å². The number of hydrogen-bond acceptors (Lipinski definition) is 5. The van der Waals surface area contributed by atoms with E-state index in [1.54, 1.807) is 42.7 Å². The number of hydrazine groups is 1. The highest BCUT2D eigenvalue weighted by Gasteiger charge is 2.29. The molecular weight excluding hydrogens is 381 g/mol. The van der Waals surface area contributed by atoms with E-state index >= 15 is 0 Å². The van der Waals surface area contributed by atoms with Crippen molar-refractivity contribution in [3.63, 3.8) is 0 Å². The number of anilines is 2. The fourth-order valence-electron chi connectivity index (χ4n) is 2.62. The molecule has 0 spiro atoms. The lowest BCUT2D eigenvalue weighted by atomic mass is 10.1. The molecule has 0 radical (unpaired) electrons. The Kier molecular flexibility index (Phi) is 5.99. The normalized spacial score (nSPS) is 11.9. The van der Waals surface area contributed by atoms with Crippen LogP contribution in [0, 0.1) is 0 Å². The second kappa shape index (κ2) is 8.61. The Labute approximate surface area is 165 Å². The minimum Gasteiger partial charge on any atom is -0.382 e. The standard InChI is InChI=1S/C20H19F3N6/c21-20(22,23)15-7-9-16(10-8-15)27-18-6-2-1-5-17(18)19(24)28-29(25)13-14-4-3-11-26-12-14/h1-12,27H,13,25H2,(H2,24,28). The van der Waals surface area contributed by atoms with E-state index in [4.69, 9.17) is 11.6 Å². The van der Waals surface area contributed by atoms with E-state index in [2.05, 4.69) is 15.4 Å². The van der Waals surface area contributed by atoms with Gasteiger partial charge in [0.15, 0.2) is 5.84 Å². The van der Waals surface area contributed by atoms with Crippen LogP contribution in [0.2, 0.25) is 0 Å². The predicted molar refractivity (Wildman–Crippen MR) is 106 cm³/mol. The molecule has 0 bridgehead atoms. The van der Waals surface area contributed by atoms with Crippen LogP contribution < -0.4 is 16.9 Å². The third-order valence-electron chi connectivity index (χ3n) is 4.00. The van der Waals surface area contributed by atoms with Gasteiger partial charge in [-0.25, -0.2) is 11.0 Å². The summed E-state index contributed by atoms with van der Waals surface area (Å²) in [5.41, 5.74) is 7.89. The molecule has 0 aliphatic carbocycles. The average molecular weight is 400 g/mol. The summed E-state index contributed by atoms with van der Waals surface area (Å²) < 4.78 is 38.2. The summed E-state index contributed by atoms with van der Waals surface area (Å²) in [5, 5.41) is 8.43. The molecule has 3 aromatic rings. The van der Waals surface area contributed by atoms with E-state index in [0.29, 0.717) is 23.5 Å². The number of halogens is 3. The maximum absolute atomic E-state index is 12.7. The van der Waals surface area contributed by atoms with E-state index < -0.39 is 11.7 Å². The molecule has 2 aromatic carbocycles. The summed E-state index contributed by atoms with van der Waals surface area (Å²) in [6.07, 6.45) is -1.05. The zero-order chi connectivity index (χ0) is 20.9. The average Bonchev–Trinajstić information content (AvgIpc) is 2.69. The number of nitrogens with zero attached hydrogens (tertiary/aromatic N) is 3. The van der Waals surface area contributed by atoms with Gasteiger partial charge in [-0.2, -0.15) is 13.2 Å². The van der Waals surface area contributed by atoms with Gasteiger partial charge in [0.25, 0.3) is 0 Å². The van der Waals surface area contributed by atoms with Gasteiger partial charge in [0, 0.05) is 29.3 Å². The molecular formula is C20H19F3N6. The van der Waals surface area contributed by atoms with Crippen LogP contribution in [0.1, 0.15) is 16.7 Å². The monoisotopic (exact) mass is 400 g/mol. The smallest absolute Gasteiger partial charge is 0.382 e. The number of nitrogens with one attached hydrogen (secondary N) is 1. The largest absolute Gasteiger partial charge is 0.416 e. The fraction of sp³-hybridized carbons (Fsp3) is 0.100. The van der Waals surface area contributed by atoms with Crippen molar-refractivity contribution in [2.45, 2.75) is 12.7 Å². The molecule has 0 amide bonds. The van der Waals surface area contributed by atoms with Crippen molar-refractivity contribution in [3.05, 3.63) is 89.7 Å². The Morgan fingerprint density at radius 1 is 1.03 bits per heavy atom. The number of pyridine rings is 1. The molecule has 3 rings (SSSR count). The lowest BCUT2D eigenvalue weighted by Crippen LogP contribution is -2.29. The first-order valence-electron chi connectivity index (χ1n) is 8.62. The number of hydrazone groups is 1. The Balaban J connectivity index is 1.77.